The summed E-state index contributed by atoms with van der Waals surface area (Å²) in [5.41, 5.74) is 5.09. The summed E-state index contributed by atoms with van der Waals surface area (Å²) < 4.78 is 10.4. The maximum atomic E-state index is 12.1. The number of nitrogens with one attached hydrogen (secondary N) is 1. The van der Waals surface area contributed by atoms with Crippen LogP contribution in [-0.4, -0.2) is 25.2 Å². The molecule has 2 aromatic carbocycles. The Balaban J connectivity index is 1.69. The fourth-order valence-corrected chi connectivity index (χ4v) is 2.54. The number of carbonyl (C=O) groups excluding carboxylic acids is 2. The molecule has 1 amide bonds. The van der Waals surface area contributed by atoms with Crippen LogP contribution in [0.4, 0.5) is 0 Å². The lowest BCUT2D eigenvalue weighted by Gasteiger charge is -2.02. The molecule has 0 saturated heterocycles. The van der Waals surface area contributed by atoms with Gasteiger partial charge in [0.1, 0.15) is 11.5 Å². The Labute approximate surface area is 156 Å². The molecule has 6 heteroatoms. The third-order valence-corrected chi connectivity index (χ3v) is 3.94. The zero-order valence-corrected chi connectivity index (χ0v) is 14.9. The molecule has 6 nitrogen and oxygen atoms in total. The van der Waals surface area contributed by atoms with Crippen molar-refractivity contribution in [1.29, 1.82) is 0 Å². The van der Waals surface area contributed by atoms with Crippen LogP contribution in [-0.2, 0) is 4.74 Å². The Kier molecular flexibility index (Phi) is 5.47. The SMILES string of the molecule is COC(=O)c1cccc(-c2ccc(/C=N\NC(=O)c3ccccc3C)o2)c1. The number of nitrogens with zero attached hydrogens (tertiary/aromatic N) is 1. The van der Waals surface area contributed by atoms with Crippen LogP contribution < -0.4 is 5.43 Å². The second-order valence-electron chi connectivity index (χ2n) is 5.79. The van der Waals surface area contributed by atoms with Gasteiger partial charge in [-0.3, -0.25) is 4.79 Å². The average molecular weight is 362 g/mol. The number of esters is 1. The van der Waals surface area contributed by atoms with Crippen LogP contribution >= 0.6 is 0 Å². The van der Waals surface area contributed by atoms with E-state index < -0.39 is 5.97 Å². The smallest absolute Gasteiger partial charge is 0.337 e. The van der Waals surface area contributed by atoms with Crippen molar-refractivity contribution in [2.45, 2.75) is 6.92 Å². The maximum Gasteiger partial charge on any atom is 0.337 e. The third-order valence-electron chi connectivity index (χ3n) is 3.94. The molecular formula is C21H18N2O4. The summed E-state index contributed by atoms with van der Waals surface area (Å²) in [4.78, 5) is 23.7. The van der Waals surface area contributed by atoms with Crippen LogP contribution in [0.25, 0.3) is 11.3 Å². The van der Waals surface area contributed by atoms with Gasteiger partial charge in [0.05, 0.1) is 18.9 Å². The average Bonchev–Trinajstić information content (AvgIpc) is 3.16. The van der Waals surface area contributed by atoms with E-state index in [2.05, 4.69) is 10.5 Å². The van der Waals surface area contributed by atoms with Gasteiger partial charge in [-0.25, -0.2) is 10.2 Å². The Hall–Kier alpha value is -3.67. The standard InChI is InChI=1S/C21H18N2O4/c1-14-6-3-4-9-18(14)20(24)23-22-13-17-10-11-19(27-17)15-7-5-8-16(12-15)21(25)26-2/h3-13H,1-2H3,(H,23,24)/b22-13-. The van der Waals surface area contributed by atoms with Crippen molar-refractivity contribution in [1.82, 2.24) is 5.43 Å². The zero-order chi connectivity index (χ0) is 19.2. The van der Waals surface area contributed by atoms with Gasteiger partial charge in [-0.05, 0) is 42.8 Å². The van der Waals surface area contributed by atoms with Crippen LogP contribution in [0.2, 0.25) is 0 Å². The quantitative estimate of drug-likeness (QED) is 0.425. The van der Waals surface area contributed by atoms with Crippen molar-refractivity contribution < 1.29 is 18.7 Å². The number of amides is 1. The molecule has 0 bridgehead atoms. The molecule has 0 spiro atoms. The van der Waals surface area contributed by atoms with E-state index in [-0.39, 0.29) is 5.91 Å². The van der Waals surface area contributed by atoms with Crippen molar-refractivity contribution in [3.63, 3.8) is 0 Å². The molecule has 136 valence electrons. The molecule has 0 radical (unpaired) electrons. The molecule has 0 aliphatic heterocycles. The summed E-state index contributed by atoms with van der Waals surface area (Å²) in [6.45, 7) is 1.86. The van der Waals surface area contributed by atoms with Crippen molar-refractivity contribution in [3.05, 3.63) is 83.1 Å². The Morgan fingerprint density at radius 3 is 2.67 bits per heavy atom. The number of aryl methyl sites for hydroxylation is 1. The fraction of sp³-hybridized carbons (Fsp3) is 0.0952. The predicted octanol–water partition coefficient (Wildman–Crippen LogP) is 3.81. The zero-order valence-electron chi connectivity index (χ0n) is 14.9. The van der Waals surface area contributed by atoms with Gasteiger partial charge in [0.15, 0.2) is 0 Å². The summed E-state index contributed by atoms with van der Waals surface area (Å²) in [5.74, 6) is 0.344. The van der Waals surface area contributed by atoms with Gasteiger partial charge in [-0.2, -0.15) is 5.10 Å². The minimum Gasteiger partial charge on any atom is -0.465 e. The van der Waals surface area contributed by atoms with Crippen molar-refractivity contribution >= 4 is 18.1 Å². The molecule has 0 aliphatic rings. The summed E-state index contributed by atoms with van der Waals surface area (Å²) in [7, 11) is 1.34. The Morgan fingerprint density at radius 2 is 1.89 bits per heavy atom. The number of furan rings is 1. The van der Waals surface area contributed by atoms with Crippen molar-refractivity contribution in [2.75, 3.05) is 7.11 Å². The van der Waals surface area contributed by atoms with E-state index in [1.807, 2.05) is 25.1 Å². The van der Waals surface area contributed by atoms with Gasteiger partial charge in [0, 0.05) is 11.1 Å². The molecule has 1 heterocycles. The second kappa shape index (κ2) is 8.14. The normalized spacial score (nSPS) is 10.7. The minimum absolute atomic E-state index is 0.290. The lowest BCUT2D eigenvalue weighted by Crippen LogP contribution is -2.18. The van der Waals surface area contributed by atoms with Gasteiger partial charge in [0.25, 0.3) is 5.91 Å². The number of rotatable bonds is 5. The van der Waals surface area contributed by atoms with E-state index in [4.69, 9.17) is 9.15 Å². The highest BCUT2D eigenvalue weighted by Gasteiger charge is 2.10. The molecule has 0 saturated carbocycles. The van der Waals surface area contributed by atoms with Crippen LogP contribution in [0, 0.1) is 6.92 Å². The monoisotopic (exact) mass is 362 g/mol. The highest BCUT2D eigenvalue weighted by Crippen LogP contribution is 2.23. The first-order valence-electron chi connectivity index (χ1n) is 8.26. The summed E-state index contributed by atoms with van der Waals surface area (Å²) in [6.07, 6.45) is 1.42. The molecule has 0 atom stereocenters. The molecule has 1 N–H and O–H groups in total. The number of benzene rings is 2. The Morgan fingerprint density at radius 1 is 1.07 bits per heavy atom. The van der Waals surface area contributed by atoms with Crippen LogP contribution in [0.5, 0.6) is 0 Å². The van der Waals surface area contributed by atoms with Gasteiger partial charge < -0.3 is 9.15 Å². The molecule has 1 aromatic heterocycles. The van der Waals surface area contributed by atoms with E-state index in [1.54, 1.807) is 42.5 Å². The van der Waals surface area contributed by atoms with Crippen molar-refractivity contribution in [3.8, 4) is 11.3 Å². The van der Waals surface area contributed by atoms with Gasteiger partial charge in [-0.15, -0.1) is 0 Å². The highest BCUT2D eigenvalue weighted by atomic mass is 16.5. The second-order valence-corrected chi connectivity index (χ2v) is 5.79. The minimum atomic E-state index is -0.413. The number of ether oxygens (including phenoxy) is 1. The van der Waals surface area contributed by atoms with E-state index in [1.165, 1.54) is 13.3 Å². The van der Waals surface area contributed by atoms with E-state index in [0.29, 0.717) is 22.6 Å². The third kappa shape index (κ3) is 4.30. The maximum absolute atomic E-state index is 12.1. The molecular weight excluding hydrogens is 344 g/mol. The number of hydrazone groups is 1. The Bertz CT molecular complexity index is 1000. The van der Waals surface area contributed by atoms with E-state index in [0.717, 1.165) is 11.1 Å². The highest BCUT2D eigenvalue weighted by molar-refractivity contribution is 5.96. The molecule has 0 unspecified atom stereocenters. The van der Waals surface area contributed by atoms with Gasteiger partial charge in [0.2, 0.25) is 0 Å². The number of methoxy groups -OCH3 is 1. The first-order chi connectivity index (χ1) is 13.1. The molecule has 0 aliphatic carbocycles. The van der Waals surface area contributed by atoms with Crippen molar-refractivity contribution in [2.24, 2.45) is 5.10 Å². The summed E-state index contributed by atoms with van der Waals surface area (Å²) in [5, 5.41) is 3.93. The largest absolute Gasteiger partial charge is 0.465 e. The van der Waals surface area contributed by atoms with E-state index in [9.17, 15) is 9.59 Å². The van der Waals surface area contributed by atoms with Gasteiger partial charge >= 0.3 is 5.97 Å². The summed E-state index contributed by atoms with van der Waals surface area (Å²) >= 11 is 0. The van der Waals surface area contributed by atoms with Crippen LogP contribution in [0.1, 0.15) is 32.0 Å². The number of hydrogen-bond donors (Lipinski definition) is 1. The molecule has 0 fully saturated rings. The first kappa shape index (κ1) is 18.1. The van der Waals surface area contributed by atoms with Gasteiger partial charge in [-0.1, -0.05) is 30.3 Å². The van der Waals surface area contributed by atoms with Crippen LogP contribution in [0.3, 0.4) is 0 Å². The fourth-order valence-electron chi connectivity index (χ4n) is 2.54. The lowest BCUT2D eigenvalue weighted by atomic mass is 10.1. The molecule has 3 aromatic rings. The van der Waals surface area contributed by atoms with Crippen LogP contribution in [0.15, 0.2) is 70.2 Å². The lowest BCUT2D eigenvalue weighted by molar-refractivity contribution is 0.0600. The number of hydrogen-bond acceptors (Lipinski definition) is 5. The predicted molar refractivity (Wildman–Crippen MR) is 102 cm³/mol. The summed E-state index contributed by atoms with van der Waals surface area (Å²) in [6, 6.07) is 17.7. The molecule has 3 rings (SSSR count). The first-order valence-corrected chi connectivity index (χ1v) is 8.26. The van der Waals surface area contributed by atoms with E-state index >= 15 is 0 Å². The molecule has 27 heavy (non-hydrogen) atoms. The number of carbonyl (C=O) groups is 2. The topological polar surface area (TPSA) is 80.9 Å².